The molecule has 134 valence electrons. The van der Waals surface area contributed by atoms with Crippen LogP contribution in [-0.4, -0.2) is 36.1 Å². The molecule has 0 fully saturated rings. The molecule has 0 saturated carbocycles. The lowest BCUT2D eigenvalue weighted by Gasteiger charge is -2.05. The number of carbonyl (C=O) groups excluding carboxylic acids is 1. The van der Waals surface area contributed by atoms with E-state index in [1.807, 2.05) is 12.1 Å². The average molecular weight is 354 g/mol. The van der Waals surface area contributed by atoms with Crippen molar-refractivity contribution in [3.63, 3.8) is 0 Å². The maximum absolute atomic E-state index is 12.6. The van der Waals surface area contributed by atoms with Crippen molar-refractivity contribution in [1.82, 2.24) is 9.78 Å². The Labute approximate surface area is 151 Å². The van der Waals surface area contributed by atoms with E-state index in [0.717, 1.165) is 5.56 Å². The van der Waals surface area contributed by atoms with Crippen LogP contribution in [0.15, 0.2) is 60.8 Å². The second kappa shape index (κ2) is 8.29. The summed E-state index contributed by atoms with van der Waals surface area (Å²) < 4.78 is 24.0. The quantitative estimate of drug-likeness (QED) is 0.602. The van der Waals surface area contributed by atoms with E-state index >= 15 is 0 Å². The summed E-state index contributed by atoms with van der Waals surface area (Å²) in [5.74, 6) is 1.06. The fourth-order valence-corrected chi connectivity index (χ4v) is 2.45. The number of nitrogens with zero attached hydrogens (tertiary/aromatic N) is 2. The molecule has 6 heteroatoms. The van der Waals surface area contributed by atoms with E-state index in [2.05, 4.69) is 5.10 Å². The molecule has 0 spiro atoms. The van der Waals surface area contributed by atoms with Crippen LogP contribution in [0.25, 0.3) is 11.3 Å². The number of aromatic nitrogens is 2. The molecular formula is C20H19FN2O3. The van der Waals surface area contributed by atoms with Crippen LogP contribution in [0.5, 0.6) is 11.5 Å². The zero-order valence-electron chi connectivity index (χ0n) is 14.4. The number of hydrogen-bond acceptors (Lipinski definition) is 4. The number of hydrogen-bond donors (Lipinski definition) is 0. The van der Waals surface area contributed by atoms with Crippen molar-refractivity contribution in [2.24, 2.45) is 0 Å². The molecule has 0 unspecified atom stereocenters. The predicted molar refractivity (Wildman–Crippen MR) is 96.5 cm³/mol. The largest absolute Gasteiger partial charge is 0.497 e. The number of halogens is 1. The molecule has 0 atom stereocenters. The molecule has 1 heterocycles. The summed E-state index contributed by atoms with van der Waals surface area (Å²) in [5, 5.41) is 4.35. The summed E-state index contributed by atoms with van der Waals surface area (Å²) in [6.45, 7) is -0.0453. The number of rotatable bonds is 7. The monoisotopic (exact) mass is 354 g/mol. The number of benzene rings is 2. The highest BCUT2D eigenvalue weighted by Crippen LogP contribution is 2.21. The van der Waals surface area contributed by atoms with Gasteiger partial charge >= 0.3 is 0 Å². The van der Waals surface area contributed by atoms with Crippen LogP contribution in [0.2, 0.25) is 0 Å². The number of carbonyl (C=O) groups is 1. The highest BCUT2D eigenvalue weighted by molar-refractivity contribution is 5.95. The van der Waals surface area contributed by atoms with E-state index in [1.54, 1.807) is 55.8 Å². The first-order valence-electron chi connectivity index (χ1n) is 8.25. The second-order valence-corrected chi connectivity index (χ2v) is 5.60. The van der Waals surface area contributed by atoms with Crippen LogP contribution in [0, 0.1) is 0 Å². The lowest BCUT2D eigenvalue weighted by molar-refractivity contribution is 0.0945. The highest BCUT2D eigenvalue weighted by atomic mass is 19.1. The van der Waals surface area contributed by atoms with Crippen molar-refractivity contribution in [3.8, 4) is 22.8 Å². The molecule has 0 aliphatic heterocycles. The first-order chi connectivity index (χ1) is 12.7. The molecule has 0 bridgehead atoms. The van der Waals surface area contributed by atoms with Crippen LogP contribution >= 0.6 is 0 Å². The topological polar surface area (TPSA) is 53.4 Å². The molecule has 0 aliphatic carbocycles. The fourth-order valence-electron chi connectivity index (χ4n) is 2.45. The minimum Gasteiger partial charge on any atom is -0.497 e. The maximum atomic E-state index is 12.6. The molecule has 3 rings (SSSR count). The van der Waals surface area contributed by atoms with E-state index in [4.69, 9.17) is 9.47 Å². The third-order valence-corrected chi connectivity index (χ3v) is 3.81. The van der Waals surface area contributed by atoms with Crippen molar-refractivity contribution in [2.45, 2.75) is 6.42 Å². The van der Waals surface area contributed by atoms with Gasteiger partial charge in [-0.1, -0.05) is 6.07 Å². The van der Waals surface area contributed by atoms with Crippen LogP contribution in [0.3, 0.4) is 0 Å². The average Bonchev–Trinajstić information content (AvgIpc) is 3.18. The normalized spacial score (nSPS) is 10.5. The molecular weight excluding hydrogens is 335 g/mol. The lowest BCUT2D eigenvalue weighted by atomic mass is 10.1. The second-order valence-electron chi connectivity index (χ2n) is 5.60. The molecule has 26 heavy (non-hydrogen) atoms. The van der Waals surface area contributed by atoms with Gasteiger partial charge in [-0.2, -0.15) is 5.10 Å². The molecule has 0 saturated heterocycles. The molecule has 0 aliphatic rings. The summed E-state index contributed by atoms with van der Waals surface area (Å²) in [4.78, 5) is 12.6. The van der Waals surface area contributed by atoms with Crippen LogP contribution < -0.4 is 9.47 Å². The van der Waals surface area contributed by atoms with Crippen molar-refractivity contribution < 1.29 is 18.7 Å². The van der Waals surface area contributed by atoms with Gasteiger partial charge in [0.2, 0.25) is 0 Å². The first kappa shape index (κ1) is 17.7. The lowest BCUT2D eigenvalue weighted by Crippen LogP contribution is -2.12. The highest BCUT2D eigenvalue weighted by Gasteiger charge is 2.12. The van der Waals surface area contributed by atoms with E-state index in [-0.39, 0.29) is 5.91 Å². The summed E-state index contributed by atoms with van der Waals surface area (Å²) >= 11 is 0. The van der Waals surface area contributed by atoms with Crippen LogP contribution in [0.4, 0.5) is 4.39 Å². The van der Waals surface area contributed by atoms with E-state index in [1.165, 1.54) is 4.68 Å². The molecule has 2 aromatic carbocycles. The Kier molecular flexibility index (Phi) is 5.63. The van der Waals surface area contributed by atoms with Gasteiger partial charge in [0.15, 0.2) is 0 Å². The van der Waals surface area contributed by atoms with Crippen molar-refractivity contribution in [3.05, 3.63) is 66.4 Å². The number of alkyl halides is 1. The third-order valence-electron chi connectivity index (χ3n) is 3.81. The Morgan fingerprint density at radius 2 is 1.92 bits per heavy atom. The van der Waals surface area contributed by atoms with Gasteiger partial charge in [0.1, 0.15) is 11.5 Å². The van der Waals surface area contributed by atoms with Gasteiger partial charge in [-0.15, -0.1) is 0 Å². The molecule has 5 nitrogen and oxygen atoms in total. The van der Waals surface area contributed by atoms with Crippen LogP contribution in [0.1, 0.15) is 16.8 Å². The van der Waals surface area contributed by atoms with Gasteiger partial charge in [0, 0.05) is 23.7 Å². The van der Waals surface area contributed by atoms with Gasteiger partial charge in [0.25, 0.3) is 5.91 Å². The van der Waals surface area contributed by atoms with Crippen molar-refractivity contribution >= 4 is 5.91 Å². The van der Waals surface area contributed by atoms with Gasteiger partial charge in [-0.25, -0.2) is 4.68 Å². The molecule has 0 N–H and O–H groups in total. The Bertz CT molecular complexity index is 875. The zero-order chi connectivity index (χ0) is 18.4. The zero-order valence-corrected chi connectivity index (χ0v) is 14.4. The Hall–Kier alpha value is -3.15. The minimum atomic E-state index is -0.392. The smallest absolute Gasteiger partial charge is 0.278 e. The molecule has 0 amide bonds. The Morgan fingerprint density at radius 3 is 2.65 bits per heavy atom. The number of ether oxygens (including phenoxy) is 2. The first-order valence-corrected chi connectivity index (χ1v) is 8.25. The maximum Gasteiger partial charge on any atom is 0.278 e. The van der Waals surface area contributed by atoms with Crippen LogP contribution in [-0.2, 0) is 0 Å². The van der Waals surface area contributed by atoms with Gasteiger partial charge < -0.3 is 9.47 Å². The van der Waals surface area contributed by atoms with E-state index in [9.17, 15) is 9.18 Å². The Balaban J connectivity index is 1.73. The molecule has 0 radical (unpaired) electrons. The van der Waals surface area contributed by atoms with Crippen molar-refractivity contribution in [1.29, 1.82) is 0 Å². The Morgan fingerprint density at radius 1 is 1.12 bits per heavy atom. The van der Waals surface area contributed by atoms with E-state index < -0.39 is 6.67 Å². The van der Waals surface area contributed by atoms with Gasteiger partial charge in [-0.05, 0) is 48.5 Å². The SMILES string of the molecule is COc1cccc(C(=O)n2ccc(-c3ccc(OCCCF)cc3)n2)c1. The van der Waals surface area contributed by atoms with E-state index in [0.29, 0.717) is 35.8 Å². The molecule has 3 aromatic rings. The van der Waals surface area contributed by atoms with Gasteiger partial charge in [0.05, 0.1) is 26.1 Å². The fraction of sp³-hybridized carbons (Fsp3) is 0.200. The van der Waals surface area contributed by atoms with Crippen molar-refractivity contribution in [2.75, 3.05) is 20.4 Å². The van der Waals surface area contributed by atoms with Gasteiger partial charge in [-0.3, -0.25) is 9.18 Å². The minimum absolute atomic E-state index is 0.235. The predicted octanol–water partition coefficient (Wildman–Crippen LogP) is 3.99. The standard InChI is InChI=1S/C20H19FN2O3/c1-25-18-5-2-4-16(14-18)20(24)23-12-10-19(22-23)15-6-8-17(9-7-15)26-13-3-11-21/h2,4-10,12,14H,3,11,13H2,1H3. The summed E-state index contributed by atoms with van der Waals surface area (Å²) in [5.41, 5.74) is 2.03. The number of methoxy groups -OCH3 is 1. The summed E-state index contributed by atoms with van der Waals surface area (Å²) in [6, 6.07) is 16.0. The third kappa shape index (κ3) is 4.08. The summed E-state index contributed by atoms with van der Waals surface area (Å²) in [7, 11) is 1.56. The molecule has 1 aromatic heterocycles. The summed E-state index contributed by atoms with van der Waals surface area (Å²) in [6.07, 6.45) is 2.00.